The van der Waals surface area contributed by atoms with E-state index in [1.807, 2.05) is 24.3 Å². The van der Waals surface area contributed by atoms with Gasteiger partial charge in [-0.15, -0.1) is 0 Å². The van der Waals surface area contributed by atoms with Crippen molar-refractivity contribution in [2.24, 2.45) is 11.8 Å². The minimum atomic E-state index is -0.828. The van der Waals surface area contributed by atoms with Gasteiger partial charge in [0.1, 0.15) is 10.8 Å². The van der Waals surface area contributed by atoms with Gasteiger partial charge in [0.05, 0.1) is 18.6 Å². The monoisotopic (exact) mass is 404 g/mol. The number of thioether (sulfide) groups is 1. The van der Waals surface area contributed by atoms with Crippen LogP contribution in [0.5, 0.6) is 11.5 Å². The van der Waals surface area contributed by atoms with Crippen LogP contribution in [0, 0.1) is 17.8 Å². The Morgan fingerprint density at radius 3 is 2.68 bits per heavy atom. The van der Waals surface area contributed by atoms with Crippen molar-refractivity contribution in [2.75, 3.05) is 26.1 Å². The Morgan fingerprint density at radius 1 is 1.25 bits per heavy atom. The normalized spacial score (nSPS) is 27.1. The first-order valence-corrected chi connectivity index (χ1v) is 10.5. The molecule has 1 aromatic heterocycles. The van der Waals surface area contributed by atoms with Gasteiger partial charge in [-0.1, -0.05) is 23.9 Å². The fraction of sp³-hybridized carbons (Fsp3) is 0.476. The minimum absolute atomic E-state index is 0.421. The molecule has 1 saturated heterocycles. The lowest BCUT2D eigenvalue weighted by Crippen LogP contribution is -2.32. The summed E-state index contributed by atoms with van der Waals surface area (Å²) in [6.45, 7) is 1.89. The van der Waals surface area contributed by atoms with Crippen LogP contribution in [0.2, 0.25) is 0 Å². The zero-order valence-corrected chi connectivity index (χ0v) is 16.7. The lowest BCUT2D eigenvalue weighted by atomic mass is 9.91. The number of nitrogens with zero attached hydrogens (tertiary/aromatic N) is 2. The minimum Gasteiger partial charge on any atom is -0.504 e. The second kappa shape index (κ2) is 7.89. The Labute approximate surface area is 168 Å². The molecule has 28 heavy (non-hydrogen) atoms. The zero-order chi connectivity index (χ0) is 19.7. The Morgan fingerprint density at radius 2 is 2.00 bits per heavy atom. The van der Waals surface area contributed by atoms with Crippen LogP contribution in [0.3, 0.4) is 0 Å². The van der Waals surface area contributed by atoms with Crippen LogP contribution in [0.1, 0.15) is 18.4 Å². The van der Waals surface area contributed by atoms with Crippen molar-refractivity contribution in [3.05, 3.63) is 47.9 Å². The van der Waals surface area contributed by atoms with Crippen LogP contribution >= 0.6 is 11.8 Å². The van der Waals surface area contributed by atoms with Crippen LogP contribution in [0.25, 0.3) is 0 Å². The standard InChI is InChI=1S/C21H25FN2O3S/c1-27-17-4-2-3-14(7-17)8-21(26)9-15-11-24(12-16(15)10-21)13-28-19-6-5-18(25)20(22)23-19/h2-7,15-16,25-26H,8-13H2,1H3/t15-,16+,21-. The Kier molecular flexibility index (Phi) is 5.49. The number of aromatic hydroxyl groups is 1. The molecule has 0 unspecified atom stereocenters. The first-order valence-electron chi connectivity index (χ1n) is 9.50. The van der Waals surface area contributed by atoms with Crippen molar-refractivity contribution in [1.82, 2.24) is 9.88 Å². The van der Waals surface area contributed by atoms with Crippen LogP contribution in [0.15, 0.2) is 41.4 Å². The lowest BCUT2D eigenvalue weighted by Gasteiger charge is -2.26. The van der Waals surface area contributed by atoms with Crippen molar-refractivity contribution >= 4 is 11.8 Å². The first-order chi connectivity index (χ1) is 13.4. The topological polar surface area (TPSA) is 65.8 Å². The van der Waals surface area contributed by atoms with Crippen molar-refractivity contribution in [2.45, 2.75) is 29.9 Å². The molecule has 2 aromatic rings. The molecule has 2 aliphatic rings. The predicted octanol–water partition coefficient (Wildman–Crippen LogP) is 3.30. The number of hydrogen-bond donors (Lipinski definition) is 2. The second-order valence-corrected chi connectivity index (χ2v) is 8.92. The highest BCUT2D eigenvalue weighted by Crippen LogP contribution is 2.45. The number of ether oxygens (including phenoxy) is 1. The number of fused-ring (bicyclic) bond motifs is 1. The lowest BCUT2D eigenvalue weighted by molar-refractivity contribution is 0.0362. The summed E-state index contributed by atoms with van der Waals surface area (Å²) in [5.41, 5.74) is 0.456. The number of aliphatic hydroxyl groups is 1. The van der Waals surface area contributed by atoms with Crippen LogP contribution in [0.4, 0.5) is 4.39 Å². The average Bonchev–Trinajstić information content (AvgIpc) is 3.17. The van der Waals surface area contributed by atoms with Gasteiger partial charge >= 0.3 is 0 Å². The molecule has 0 radical (unpaired) electrons. The van der Waals surface area contributed by atoms with E-state index in [2.05, 4.69) is 9.88 Å². The molecular weight excluding hydrogens is 379 g/mol. The summed E-state index contributed by atoms with van der Waals surface area (Å²) >= 11 is 1.47. The molecule has 4 rings (SSSR count). The van der Waals surface area contributed by atoms with Gasteiger partial charge in [0.2, 0.25) is 0 Å². The van der Waals surface area contributed by atoms with Crippen LogP contribution in [-0.2, 0) is 6.42 Å². The Bertz CT molecular complexity index is 836. The molecule has 0 spiro atoms. The molecule has 150 valence electrons. The summed E-state index contributed by atoms with van der Waals surface area (Å²) in [6, 6.07) is 10.9. The predicted molar refractivity (Wildman–Crippen MR) is 106 cm³/mol. The fourth-order valence-electron chi connectivity index (χ4n) is 4.62. The summed E-state index contributed by atoms with van der Waals surface area (Å²) in [5.74, 6) is 1.28. The number of halogens is 1. The molecule has 0 amide bonds. The van der Waals surface area contributed by atoms with Gasteiger partial charge in [-0.3, -0.25) is 4.90 Å². The summed E-state index contributed by atoms with van der Waals surface area (Å²) < 4.78 is 18.6. The molecule has 3 atom stereocenters. The molecular formula is C21H25FN2O3S. The van der Waals surface area contributed by atoms with E-state index >= 15 is 0 Å². The number of hydrogen-bond acceptors (Lipinski definition) is 6. The third-order valence-electron chi connectivity index (χ3n) is 5.80. The molecule has 7 heteroatoms. The van der Waals surface area contributed by atoms with Crippen LogP contribution in [-0.4, -0.2) is 51.8 Å². The molecule has 1 aliphatic carbocycles. The quantitative estimate of drug-likeness (QED) is 0.569. The number of benzene rings is 1. The molecule has 2 heterocycles. The van der Waals surface area contributed by atoms with Gasteiger partial charge in [-0.05, 0) is 54.5 Å². The average molecular weight is 405 g/mol. The smallest absolute Gasteiger partial charge is 0.256 e. The van der Waals surface area contributed by atoms with Crippen molar-refractivity contribution < 1.29 is 19.3 Å². The van der Waals surface area contributed by atoms with Gasteiger partial charge in [0, 0.05) is 19.5 Å². The molecule has 2 N–H and O–H groups in total. The molecule has 1 aliphatic heterocycles. The van der Waals surface area contributed by atoms with Crippen molar-refractivity contribution in [3.63, 3.8) is 0 Å². The molecule has 5 nitrogen and oxygen atoms in total. The van der Waals surface area contributed by atoms with E-state index < -0.39 is 17.3 Å². The maximum atomic E-state index is 13.4. The SMILES string of the molecule is COc1cccc(C[C@]2(O)C[C@H]3CN(CSc4ccc(O)c(F)n4)C[C@H]3C2)c1. The van der Waals surface area contributed by atoms with E-state index in [1.165, 1.54) is 17.8 Å². The Hall–Kier alpha value is -1.83. The maximum absolute atomic E-state index is 13.4. The number of rotatable bonds is 6. The van der Waals surface area contributed by atoms with Gasteiger partial charge in [-0.25, -0.2) is 4.98 Å². The Balaban J connectivity index is 1.30. The number of pyridine rings is 1. The summed E-state index contributed by atoms with van der Waals surface area (Å²) in [5, 5.41) is 20.9. The second-order valence-electron chi connectivity index (χ2n) is 7.95. The highest BCUT2D eigenvalue weighted by Gasteiger charge is 2.48. The van der Waals surface area contributed by atoms with Gasteiger partial charge in [-0.2, -0.15) is 4.39 Å². The van der Waals surface area contributed by atoms with E-state index in [9.17, 15) is 14.6 Å². The number of aromatic nitrogens is 1. The number of methoxy groups -OCH3 is 1. The van der Waals surface area contributed by atoms with E-state index in [0.29, 0.717) is 23.3 Å². The summed E-state index contributed by atoms with van der Waals surface area (Å²) in [7, 11) is 1.66. The zero-order valence-electron chi connectivity index (χ0n) is 15.8. The van der Waals surface area contributed by atoms with E-state index in [1.54, 1.807) is 13.2 Å². The highest BCUT2D eigenvalue weighted by molar-refractivity contribution is 7.99. The van der Waals surface area contributed by atoms with E-state index in [0.717, 1.165) is 43.1 Å². The summed E-state index contributed by atoms with van der Waals surface area (Å²) in [4.78, 5) is 6.10. The largest absolute Gasteiger partial charge is 0.504 e. The van der Waals surface area contributed by atoms with Gasteiger partial charge < -0.3 is 14.9 Å². The third kappa shape index (κ3) is 4.26. The third-order valence-corrected chi connectivity index (χ3v) is 6.82. The van der Waals surface area contributed by atoms with E-state index in [-0.39, 0.29) is 0 Å². The number of likely N-dealkylation sites (tertiary alicyclic amines) is 1. The summed E-state index contributed by atoms with van der Waals surface area (Å²) in [6.07, 6.45) is 2.27. The van der Waals surface area contributed by atoms with Gasteiger partial charge in [0.15, 0.2) is 5.75 Å². The van der Waals surface area contributed by atoms with Gasteiger partial charge in [0.25, 0.3) is 5.95 Å². The molecule has 1 saturated carbocycles. The molecule has 1 aromatic carbocycles. The van der Waals surface area contributed by atoms with Crippen molar-refractivity contribution in [1.29, 1.82) is 0 Å². The molecule has 0 bridgehead atoms. The fourth-order valence-corrected chi connectivity index (χ4v) is 5.45. The highest BCUT2D eigenvalue weighted by atomic mass is 32.2. The first kappa shape index (κ1) is 19.5. The maximum Gasteiger partial charge on any atom is 0.256 e. The van der Waals surface area contributed by atoms with E-state index in [4.69, 9.17) is 4.74 Å². The van der Waals surface area contributed by atoms with Crippen molar-refractivity contribution in [3.8, 4) is 11.5 Å². The molecule has 2 fully saturated rings. The van der Waals surface area contributed by atoms with Crippen LogP contribution < -0.4 is 4.74 Å².